The molecule has 1 aromatic carbocycles. The zero-order valence-electron chi connectivity index (χ0n) is 9.34. The van der Waals surface area contributed by atoms with E-state index in [4.69, 9.17) is 0 Å². The van der Waals surface area contributed by atoms with E-state index in [0.717, 1.165) is 5.70 Å². The van der Waals surface area contributed by atoms with Crippen molar-refractivity contribution in [2.45, 2.75) is 12.8 Å². The highest BCUT2D eigenvalue weighted by Crippen LogP contribution is 2.25. The van der Waals surface area contributed by atoms with Gasteiger partial charge in [-0.15, -0.1) is 0 Å². The standard InChI is InChI=1S/C12H12N2O3/c1-8-5-11(12(15)7-13-8)9-3-2-4-10(6-9)14(16)17/h2-6,11,13H,7H2,1H3. The summed E-state index contributed by atoms with van der Waals surface area (Å²) in [6.07, 6.45) is 1.80. The van der Waals surface area contributed by atoms with Gasteiger partial charge in [0.2, 0.25) is 0 Å². The number of hydrogen-bond donors (Lipinski definition) is 1. The molecule has 1 unspecified atom stereocenters. The van der Waals surface area contributed by atoms with Gasteiger partial charge < -0.3 is 5.32 Å². The first-order valence-corrected chi connectivity index (χ1v) is 5.27. The van der Waals surface area contributed by atoms with Gasteiger partial charge in [0.15, 0.2) is 5.78 Å². The number of rotatable bonds is 2. The maximum atomic E-state index is 11.7. The van der Waals surface area contributed by atoms with Crippen LogP contribution in [0.25, 0.3) is 0 Å². The number of ketones is 1. The van der Waals surface area contributed by atoms with E-state index in [2.05, 4.69) is 5.32 Å². The van der Waals surface area contributed by atoms with Crippen molar-refractivity contribution in [2.75, 3.05) is 6.54 Å². The molecular formula is C12H12N2O3. The average Bonchev–Trinajstić information content (AvgIpc) is 2.32. The highest BCUT2D eigenvalue weighted by Gasteiger charge is 2.23. The molecule has 0 saturated heterocycles. The summed E-state index contributed by atoms with van der Waals surface area (Å²) >= 11 is 0. The van der Waals surface area contributed by atoms with Gasteiger partial charge in [0.25, 0.3) is 5.69 Å². The lowest BCUT2D eigenvalue weighted by molar-refractivity contribution is -0.384. The molecule has 1 N–H and O–H groups in total. The Kier molecular flexibility index (Phi) is 2.91. The summed E-state index contributed by atoms with van der Waals surface area (Å²) in [6, 6.07) is 6.22. The number of nitro groups is 1. The van der Waals surface area contributed by atoms with Gasteiger partial charge in [0, 0.05) is 17.8 Å². The van der Waals surface area contributed by atoms with Crippen LogP contribution in [0.15, 0.2) is 36.0 Å². The summed E-state index contributed by atoms with van der Waals surface area (Å²) in [4.78, 5) is 22.0. The van der Waals surface area contributed by atoms with Crippen LogP contribution in [0.3, 0.4) is 0 Å². The number of benzene rings is 1. The van der Waals surface area contributed by atoms with Crippen LogP contribution in [0.1, 0.15) is 18.4 Å². The number of non-ortho nitro benzene ring substituents is 1. The minimum Gasteiger partial charge on any atom is -0.382 e. The van der Waals surface area contributed by atoms with Crippen LogP contribution in [0.2, 0.25) is 0 Å². The smallest absolute Gasteiger partial charge is 0.269 e. The molecule has 0 amide bonds. The van der Waals surface area contributed by atoms with Crippen LogP contribution < -0.4 is 5.32 Å². The van der Waals surface area contributed by atoms with Crippen LogP contribution >= 0.6 is 0 Å². The second kappa shape index (κ2) is 4.37. The third-order valence-electron chi connectivity index (χ3n) is 2.75. The molecule has 0 saturated carbocycles. The monoisotopic (exact) mass is 232 g/mol. The molecule has 17 heavy (non-hydrogen) atoms. The molecule has 5 heteroatoms. The van der Waals surface area contributed by atoms with Crippen LogP contribution in [0.5, 0.6) is 0 Å². The Bertz CT molecular complexity index is 508. The van der Waals surface area contributed by atoms with E-state index in [9.17, 15) is 14.9 Å². The zero-order valence-corrected chi connectivity index (χ0v) is 9.34. The number of carbonyl (C=O) groups excluding carboxylic acids is 1. The van der Waals surface area contributed by atoms with Crippen molar-refractivity contribution in [3.05, 3.63) is 51.7 Å². The van der Waals surface area contributed by atoms with Crippen LogP contribution in [0, 0.1) is 10.1 Å². The molecule has 0 bridgehead atoms. The molecule has 0 aromatic heterocycles. The summed E-state index contributed by atoms with van der Waals surface area (Å²) in [7, 11) is 0. The van der Waals surface area contributed by atoms with Crippen molar-refractivity contribution in [1.29, 1.82) is 0 Å². The predicted molar refractivity (Wildman–Crippen MR) is 62.6 cm³/mol. The first-order chi connectivity index (χ1) is 8.08. The molecule has 0 aliphatic carbocycles. The number of nitrogens with one attached hydrogen (secondary N) is 1. The Balaban J connectivity index is 2.39. The van der Waals surface area contributed by atoms with Gasteiger partial charge in [0.05, 0.1) is 17.4 Å². The molecule has 5 nitrogen and oxygen atoms in total. The largest absolute Gasteiger partial charge is 0.382 e. The maximum Gasteiger partial charge on any atom is 0.269 e. The Morgan fingerprint density at radius 3 is 2.94 bits per heavy atom. The molecule has 0 spiro atoms. The Morgan fingerprint density at radius 1 is 1.47 bits per heavy atom. The molecule has 1 atom stereocenters. The van der Waals surface area contributed by atoms with E-state index in [0.29, 0.717) is 5.56 Å². The summed E-state index contributed by atoms with van der Waals surface area (Å²) in [6.45, 7) is 2.15. The number of allylic oxidation sites excluding steroid dienone is 2. The van der Waals surface area contributed by atoms with E-state index in [1.807, 2.05) is 6.92 Å². The summed E-state index contributed by atoms with van der Waals surface area (Å²) in [5.74, 6) is -0.354. The molecule has 88 valence electrons. The fraction of sp³-hybridized carbons (Fsp3) is 0.250. The normalized spacial score (nSPS) is 19.5. The Hall–Kier alpha value is -2.17. The first kappa shape index (κ1) is 11.3. The predicted octanol–water partition coefficient (Wildman–Crippen LogP) is 1.75. The third-order valence-corrected chi connectivity index (χ3v) is 2.75. The van der Waals surface area contributed by atoms with Gasteiger partial charge in [-0.05, 0) is 12.5 Å². The van der Waals surface area contributed by atoms with Crippen LogP contribution in [-0.4, -0.2) is 17.3 Å². The van der Waals surface area contributed by atoms with E-state index >= 15 is 0 Å². The lowest BCUT2D eigenvalue weighted by Gasteiger charge is -2.20. The van der Waals surface area contributed by atoms with Crippen molar-refractivity contribution in [1.82, 2.24) is 5.32 Å². The lowest BCUT2D eigenvalue weighted by atomic mass is 9.91. The third kappa shape index (κ3) is 2.33. The summed E-state index contributed by atoms with van der Waals surface area (Å²) < 4.78 is 0. The Morgan fingerprint density at radius 2 is 2.24 bits per heavy atom. The molecule has 1 aromatic rings. The molecule has 1 aliphatic rings. The number of hydrogen-bond acceptors (Lipinski definition) is 4. The number of nitro benzene ring substituents is 1. The van der Waals surface area contributed by atoms with Crippen molar-refractivity contribution >= 4 is 11.5 Å². The lowest BCUT2D eigenvalue weighted by Crippen LogP contribution is -2.30. The van der Waals surface area contributed by atoms with E-state index in [1.54, 1.807) is 18.2 Å². The topological polar surface area (TPSA) is 72.2 Å². The molecule has 1 heterocycles. The van der Waals surface area contributed by atoms with Gasteiger partial charge in [-0.2, -0.15) is 0 Å². The van der Waals surface area contributed by atoms with Crippen LogP contribution in [-0.2, 0) is 4.79 Å². The van der Waals surface area contributed by atoms with Gasteiger partial charge in [0.1, 0.15) is 0 Å². The second-order valence-electron chi connectivity index (χ2n) is 4.00. The number of nitrogens with zero attached hydrogens (tertiary/aromatic N) is 1. The molecule has 0 radical (unpaired) electrons. The molecule has 0 fully saturated rings. The molecule has 1 aliphatic heterocycles. The fourth-order valence-corrected chi connectivity index (χ4v) is 1.85. The minimum atomic E-state index is -0.453. The van der Waals surface area contributed by atoms with Crippen LogP contribution in [0.4, 0.5) is 5.69 Å². The van der Waals surface area contributed by atoms with Crippen molar-refractivity contribution in [3.8, 4) is 0 Å². The van der Waals surface area contributed by atoms with E-state index in [1.165, 1.54) is 12.1 Å². The minimum absolute atomic E-state index is 0.0138. The zero-order chi connectivity index (χ0) is 12.4. The quantitative estimate of drug-likeness (QED) is 0.622. The maximum absolute atomic E-state index is 11.7. The number of carbonyl (C=O) groups is 1. The van der Waals surface area contributed by atoms with Crippen molar-refractivity contribution in [3.63, 3.8) is 0 Å². The van der Waals surface area contributed by atoms with Crippen molar-refractivity contribution < 1.29 is 9.72 Å². The summed E-state index contributed by atoms with van der Waals surface area (Å²) in [5.41, 5.74) is 1.60. The fourth-order valence-electron chi connectivity index (χ4n) is 1.85. The average molecular weight is 232 g/mol. The van der Waals surface area contributed by atoms with Crippen molar-refractivity contribution in [2.24, 2.45) is 0 Å². The highest BCUT2D eigenvalue weighted by molar-refractivity contribution is 5.90. The Labute approximate surface area is 98.3 Å². The number of Topliss-reactive ketones (excluding diaryl/α,β-unsaturated/α-hetero) is 1. The summed E-state index contributed by atoms with van der Waals surface area (Å²) in [5, 5.41) is 13.6. The van der Waals surface area contributed by atoms with Gasteiger partial charge in [-0.1, -0.05) is 18.2 Å². The SMILES string of the molecule is CC1=CC(c2cccc([N+](=O)[O-])c2)C(=O)CN1. The van der Waals surface area contributed by atoms with E-state index in [-0.39, 0.29) is 23.9 Å². The van der Waals surface area contributed by atoms with Gasteiger partial charge >= 0.3 is 0 Å². The molecule has 2 rings (SSSR count). The van der Waals surface area contributed by atoms with E-state index < -0.39 is 4.92 Å². The first-order valence-electron chi connectivity index (χ1n) is 5.27. The highest BCUT2D eigenvalue weighted by atomic mass is 16.6. The van der Waals surface area contributed by atoms with Gasteiger partial charge in [-0.25, -0.2) is 0 Å². The van der Waals surface area contributed by atoms with Gasteiger partial charge in [-0.3, -0.25) is 14.9 Å². The molecular weight excluding hydrogens is 220 g/mol. The second-order valence-corrected chi connectivity index (χ2v) is 4.00.